The van der Waals surface area contributed by atoms with Gasteiger partial charge in [0.1, 0.15) is 0 Å². The molecule has 3 amide bonds. The lowest BCUT2D eigenvalue weighted by atomic mass is 10.1. The van der Waals surface area contributed by atoms with Crippen LogP contribution < -0.4 is 10.6 Å². The summed E-state index contributed by atoms with van der Waals surface area (Å²) in [7, 11) is 0. The van der Waals surface area contributed by atoms with Gasteiger partial charge in [0.15, 0.2) is 6.61 Å². The van der Waals surface area contributed by atoms with Crippen molar-refractivity contribution in [2.45, 2.75) is 38.6 Å². The lowest BCUT2D eigenvalue weighted by Gasteiger charge is -2.12. The Hall–Kier alpha value is -2.93. The normalized spacial score (nSPS) is 14.4. The summed E-state index contributed by atoms with van der Waals surface area (Å²) >= 11 is 1.41. The first-order valence-electron chi connectivity index (χ1n) is 9.61. The monoisotopic (exact) mass is 412 g/mol. The van der Waals surface area contributed by atoms with Crippen LogP contribution in [0, 0.1) is 6.92 Å². The van der Waals surface area contributed by atoms with Crippen LogP contribution in [0.15, 0.2) is 41.8 Å². The van der Waals surface area contributed by atoms with E-state index >= 15 is 0 Å². The predicted molar refractivity (Wildman–Crippen MR) is 113 cm³/mol. The molecule has 0 saturated heterocycles. The number of hydrogen-bond acceptors (Lipinski definition) is 5. The summed E-state index contributed by atoms with van der Waals surface area (Å²) in [5, 5.41) is 6.84. The van der Waals surface area contributed by atoms with Crippen molar-refractivity contribution in [2.24, 2.45) is 0 Å². The number of amides is 3. The molecular formula is C22H24N2O4S. The highest BCUT2D eigenvalue weighted by atomic mass is 32.1. The van der Waals surface area contributed by atoms with Gasteiger partial charge in [0.2, 0.25) is 0 Å². The minimum atomic E-state index is -0.657. The molecule has 0 bridgehead atoms. The zero-order valence-corrected chi connectivity index (χ0v) is 17.1. The van der Waals surface area contributed by atoms with Crippen LogP contribution in [0.25, 0.3) is 11.6 Å². The molecule has 1 heterocycles. The van der Waals surface area contributed by atoms with Crippen LogP contribution in [-0.4, -0.2) is 30.6 Å². The van der Waals surface area contributed by atoms with Crippen LogP contribution in [0.5, 0.6) is 0 Å². The molecule has 7 heteroatoms. The third kappa shape index (κ3) is 6.29. The van der Waals surface area contributed by atoms with Crippen molar-refractivity contribution in [3.05, 3.63) is 57.8 Å². The molecule has 0 atom stereocenters. The lowest BCUT2D eigenvalue weighted by Crippen LogP contribution is -2.45. The lowest BCUT2D eigenvalue weighted by molar-refractivity contribution is -0.142. The SMILES string of the molecule is Cc1cccc(/C=C(/C(=O)OCC(=O)NC(=O)NC2CCCC2)c2cccs2)c1. The minimum Gasteiger partial charge on any atom is -0.452 e. The first-order valence-corrected chi connectivity index (χ1v) is 10.5. The van der Waals surface area contributed by atoms with Crippen LogP contribution in [-0.2, 0) is 14.3 Å². The van der Waals surface area contributed by atoms with Crippen LogP contribution in [0.2, 0.25) is 0 Å². The number of nitrogens with one attached hydrogen (secondary N) is 2. The Kier molecular flexibility index (Phi) is 7.19. The molecule has 0 aliphatic heterocycles. The number of urea groups is 1. The molecule has 0 radical (unpaired) electrons. The summed E-state index contributed by atoms with van der Waals surface area (Å²) in [5.41, 5.74) is 2.31. The van der Waals surface area contributed by atoms with Crippen LogP contribution >= 0.6 is 11.3 Å². The van der Waals surface area contributed by atoms with Gasteiger partial charge in [0, 0.05) is 10.9 Å². The number of imide groups is 1. The Labute approximate surface area is 174 Å². The Bertz CT molecular complexity index is 899. The highest BCUT2D eigenvalue weighted by Gasteiger charge is 2.20. The Morgan fingerprint density at radius 1 is 1.17 bits per heavy atom. The van der Waals surface area contributed by atoms with Gasteiger partial charge in [0.25, 0.3) is 5.91 Å². The molecule has 3 rings (SSSR count). The average Bonchev–Trinajstić information content (AvgIpc) is 3.38. The molecule has 0 unspecified atom stereocenters. The van der Waals surface area contributed by atoms with Crippen molar-refractivity contribution in [1.82, 2.24) is 10.6 Å². The second kappa shape index (κ2) is 10.0. The predicted octanol–water partition coefficient (Wildman–Crippen LogP) is 3.91. The number of esters is 1. The van der Waals surface area contributed by atoms with E-state index < -0.39 is 24.5 Å². The van der Waals surface area contributed by atoms with Crippen LogP contribution in [0.4, 0.5) is 4.79 Å². The molecular weight excluding hydrogens is 388 g/mol. The third-order valence-corrected chi connectivity index (χ3v) is 5.54. The summed E-state index contributed by atoms with van der Waals surface area (Å²) in [4.78, 5) is 37.2. The summed E-state index contributed by atoms with van der Waals surface area (Å²) in [5.74, 6) is -1.27. The summed E-state index contributed by atoms with van der Waals surface area (Å²) < 4.78 is 5.17. The van der Waals surface area contributed by atoms with E-state index in [1.54, 1.807) is 6.08 Å². The van der Waals surface area contributed by atoms with Crippen LogP contribution in [0.3, 0.4) is 0 Å². The smallest absolute Gasteiger partial charge is 0.340 e. The van der Waals surface area contributed by atoms with Gasteiger partial charge in [-0.05, 0) is 42.9 Å². The highest BCUT2D eigenvalue weighted by molar-refractivity contribution is 7.11. The number of aryl methyl sites for hydroxylation is 1. The zero-order chi connectivity index (χ0) is 20.6. The number of rotatable bonds is 6. The van der Waals surface area contributed by atoms with Crippen LogP contribution in [0.1, 0.15) is 41.7 Å². The van der Waals surface area contributed by atoms with Gasteiger partial charge in [-0.1, -0.05) is 48.7 Å². The molecule has 6 nitrogen and oxygen atoms in total. The number of thiophene rings is 1. The minimum absolute atomic E-state index is 0.105. The van der Waals surface area contributed by atoms with E-state index in [1.165, 1.54) is 11.3 Å². The van der Waals surface area contributed by atoms with Gasteiger partial charge in [-0.15, -0.1) is 11.3 Å². The number of carbonyl (C=O) groups excluding carboxylic acids is 3. The molecule has 1 aromatic carbocycles. The molecule has 1 aromatic heterocycles. The largest absolute Gasteiger partial charge is 0.452 e. The fourth-order valence-electron chi connectivity index (χ4n) is 3.25. The van der Waals surface area contributed by atoms with Gasteiger partial charge < -0.3 is 10.1 Å². The van der Waals surface area contributed by atoms with Gasteiger partial charge in [-0.3, -0.25) is 10.1 Å². The van der Waals surface area contributed by atoms with Crippen molar-refractivity contribution in [3.8, 4) is 0 Å². The second-order valence-corrected chi connectivity index (χ2v) is 7.98. The van der Waals surface area contributed by atoms with E-state index in [0.717, 1.165) is 41.7 Å². The van der Waals surface area contributed by atoms with E-state index in [0.29, 0.717) is 5.57 Å². The van der Waals surface area contributed by atoms with Gasteiger partial charge in [-0.25, -0.2) is 9.59 Å². The molecule has 2 N–H and O–H groups in total. The average molecular weight is 413 g/mol. The quantitative estimate of drug-likeness (QED) is 0.557. The van der Waals surface area contributed by atoms with Crippen molar-refractivity contribution < 1.29 is 19.1 Å². The van der Waals surface area contributed by atoms with E-state index in [4.69, 9.17) is 4.74 Å². The Balaban J connectivity index is 1.60. The van der Waals surface area contributed by atoms with Crippen molar-refractivity contribution in [3.63, 3.8) is 0 Å². The summed E-state index contributed by atoms with van der Waals surface area (Å²) in [6.07, 6.45) is 5.74. The molecule has 0 spiro atoms. The molecule has 152 valence electrons. The molecule has 1 aliphatic rings. The molecule has 29 heavy (non-hydrogen) atoms. The molecule has 1 fully saturated rings. The fraction of sp³-hybridized carbons (Fsp3) is 0.318. The van der Waals surface area contributed by atoms with Gasteiger partial charge >= 0.3 is 12.0 Å². The Morgan fingerprint density at radius 2 is 1.97 bits per heavy atom. The van der Waals surface area contributed by atoms with Gasteiger partial charge in [-0.2, -0.15) is 0 Å². The van der Waals surface area contributed by atoms with E-state index in [9.17, 15) is 14.4 Å². The molecule has 1 saturated carbocycles. The maximum absolute atomic E-state index is 12.6. The summed E-state index contributed by atoms with van der Waals surface area (Å²) in [6, 6.07) is 11.0. The fourth-order valence-corrected chi connectivity index (χ4v) is 3.98. The molecule has 2 aromatic rings. The topological polar surface area (TPSA) is 84.5 Å². The van der Waals surface area contributed by atoms with Gasteiger partial charge in [0.05, 0.1) is 5.57 Å². The molecule has 1 aliphatic carbocycles. The number of benzene rings is 1. The van der Waals surface area contributed by atoms with Crippen molar-refractivity contribution >= 4 is 40.9 Å². The number of carbonyl (C=O) groups is 3. The van der Waals surface area contributed by atoms with E-state index in [1.807, 2.05) is 48.7 Å². The third-order valence-electron chi connectivity index (χ3n) is 4.64. The number of hydrogen-bond donors (Lipinski definition) is 2. The highest BCUT2D eigenvalue weighted by Crippen LogP contribution is 2.24. The first-order chi connectivity index (χ1) is 14.0. The van der Waals surface area contributed by atoms with Crippen molar-refractivity contribution in [2.75, 3.05) is 6.61 Å². The maximum atomic E-state index is 12.6. The standard InChI is InChI=1S/C22H24N2O4S/c1-15-6-4-7-16(12-15)13-18(19-10-5-11-29-19)21(26)28-14-20(25)24-22(27)23-17-8-2-3-9-17/h4-7,10-13,17H,2-3,8-9,14H2,1H3,(H2,23,24,25,27)/b18-13+. The zero-order valence-electron chi connectivity index (χ0n) is 16.3. The van der Waals surface area contributed by atoms with E-state index in [2.05, 4.69) is 10.6 Å². The van der Waals surface area contributed by atoms with Crippen molar-refractivity contribution in [1.29, 1.82) is 0 Å². The number of ether oxygens (including phenoxy) is 1. The van der Waals surface area contributed by atoms with E-state index in [-0.39, 0.29) is 6.04 Å². The maximum Gasteiger partial charge on any atom is 0.340 e. The summed E-state index contributed by atoms with van der Waals surface area (Å²) in [6.45, 7) is 1.45. The first kappa shape index (κ1) is 20.8. The second-order valence-electron chi connectivity index (χ2n) is 7.03. The Morgan fingerprint density at radius 3 is 2.66 bits per heavy atom.